The van der Waals surface area contributed by atoms with E-state index in [-0.39, 0.29) is 11.7 Å². The minimum Gasteiger partial charge on any atom is -0.478 e. The second kappa shape index (κ2) is 5.46. The maximum absolute atomic E-state index is 11.0. The lowest BCUT2D eigenvalue weighted by Crippen LogP contribution is -2.20. The lowest BCUT2D eigenvalue weighted by Gasteiger charge is -2.12. The summed E-state index contributed by atoms with van der Waals surface area (Å²) in [4.78, 5) is 15.1. The Morgan fingerprint density at radius 1 is 1.71 bits per heavy atom. The Bertz CT molecular complexity index is 419. The fourth-order valence-corrected chi connectivity index (χ4v) is 2.09. The number of carbonyl (C=O) groups is 1. The molecule has 2 heterocycles. The molecule has 1 aliphatic rings. The number of nitrogens with zero attached hydrogens (tertiary/aromatic N) is 1. The fourth-order valence-electron chi connectivity index (χ4n) is 1.76. The highest BCUT2D eigenvalue weighted by atomic mass is 79.9. The zero-order chi connectivity index (χ0) is 12.3. The van der Waals surface area contributed by atoms with Crippen molar-refractivity contribution in [2.24, 2.45) is 0 Å². The van der Waals surface area contributed by atoms with Crippen LogP contribution in [0.5, 0.6) is 0 Å². The summed E-state index contributed by atoms with van der Waals surface area (Å²) in [7, 11) is 0. The third kappa shape index (κ3) is 3.17. The largest absolute Gasteiger partial charge is 0.478 e. The Morgan fingerprint density at radius 2 is 2.53 bits per heavy atom. The number of halogens is 1. The van der Waals surface area contributed by atoms with Crippen LogP contribution in [0.4, 0.5) is 5.82 Å². The number of anilines is 1. The minimum absolute atomic E-state index is 0.155. The van der Waals surface area contributed by atoms with Crippen LogP contribution >= 0.6 is 15.9 Å². The van der Waals surface area contributed by atoms with Gasteiger partial charge in [-0.3, -0.25) is 0 Å². The predicted molar refractivity (Wildman–Crippen MR) is 66.4 cm³/mol. The Labute approximate surface area is 107 Å². The molecule has 1 atom stereocenters. The Hall–Kier alpha value is -1.14. The van der Waals surface area contributed by atoms with Crippen LogP contribution in [0, 0.1) is 0 Å². The second-order valence-corrected chi connectivity index (χ2v) is 4.79. The molecule has 0 radical (unpaired) electrons. The molecule has 17 heavy (non-hydrogen) atoms. The van der Waals surface area contributed by atoms with E-state index in [4.69, 9.17) is 9.84 Å². The van der Waals surface area contributed by atoms with Gasteiger partial charge in [0.1, 0.15) is 11.4 Å². The first-order valence-corrected chi connectivity index (χ1v) is 6.20. The molecule has 1 aromatic rings. The van der Waals surface area contributed by atoms with Crippen LogP contribution in [0.3, 0.4) is 0 Å². The van der Waals surface area contributed by atoms with E-state index in [1.165, 1.54) is 6.07 Å². The summed E-state index contributed by atoms with van der Waals surface area (Å²) >= 11 is 3.20. The SMILES string of the molecule is O=C(O)c1cc(Br)cnc1NCC1CCCO1. The van der Waals surface area contributed by atoms with Crippen molar-refractivity contribution in [3.05, 3.63) is 22.3 Å². The monoisotopic (exact) mass is 300 g/mol. The zero-order valence-electron chi connectivity index (χ0n) is 9.15. The summed E-state index contributed by atoms with van der Waals surface area (Å²) in [6.45, 7) is 1.38. The van der Waals surface area contributed by atoms with Crippen molar-refractivity contribution in [2.75, 3.05) is 18.5 Å². The molecule has 1 aromatic heterocycles. The molecule has 0 spiro atoms. The smallest absolute Gasteiger partial charge is 0.339 e. The molecular formula is C11H13BrN2O3. The average molecular weight is 301 g/mol. The number of hydrogen-bond donors (Lipinski definition) is 2. The van der Waals surface area contributed by atoms with Gasteiger partial charge in [-0.1, -0.05) is 0 Å². The third-order valence-electron chi connectivity index (χ3n) is 2.61. The molecule has 0 amide bonds. The van der Waals surface area contributed by atoms with E-state index in [9.17, 15) is 4.79 Å². The number of pyridine rings is 1. The number of aromatic nitrogens is 1. The van der Waals surface area contributed by atoms with Crippen LogP contribution in [0.1, 0.15) is 23.2 Å². The summed E-state index contributed by atoms with van der Waals surface area (Å²) in [5.41, 5.74) is 0.164. The molecule has 5 nitrogen and oxygen atoms in total. The summed E-state index contributed by atoms with van der Waals surface area (Å²) in [5.74, 6) is -0.607. The Balaban J connectivity index is 2.06. The molecular weight excluding hydrogens is 288 g/mol. The number of rotatable bonds is 4. The first-order valence-electron chi connectivity index (χ1n) is 5.41. The average Bonchev–Trinajstić information content (AvgIpc) is 2.80. The number of hydrogen-bond acceptors (Lipinski definition) is 4. The summed E-state index contributed by atoms with van der Waals surface area (Å²) < 4.78 is 6.10. The first kappa shape index (κ1) is 12.3. The maximum atomic E-state index is 11.0. The number of ether oxygens (including phenoxy) is 1. The van der Waals surface area contributed by atoms with Crippen molar-refractivity contribution in [1.29, 1.82) is 0 Å². The van der Waals surface area contributed by atoms with E-state index in [0.717, 1.165) is 19.4 Å². The van der Waals surface area contributed by atoms with E-state index < -0.39 is 5.97 Å². The van der Waals surface area contributed by atoms with Crippen molar-refractivity contribution in [2.45, 2.75) is 18.9 Å². The molecule has 0 bridgehead atoms. The molecule has 92 valence electrons. The van der Waals surface area contributed by atoms with E-state index in [1.807, 2.05) is 0 Å². The standard InChI is InChI=1S/C11H13BrN2O3/c12-7-4-9(11(15)16)10(13-5-7)14-6-8-2-1-3-17-8/h4-5,8H,1-3,6H2,(H,13,14)(H,15,16). The summed E-state index contributed by atoms with van der Waals surface area (Å²) in [6.07, 6.45) is 3.80. The Morgan fingerprint density at radius 3 is 3.18 bits per heavy atom. The maximum Gasteiger partial charge on any atom is 0.339 e. The molecule has 2 rings (SSSR count). The normalized spacial score (nSPS) is 19.2. The highest BCUT2D eigenvalue weighted by Gasteiger charge is 2.17. The molecule has 6 heteroatoms. The highest BCUT2D eigenvalue weighted by Crippen LogP contribution is 2.19. The topological polar surface area (TPSA) is 71.5 Å². The summed E-state index contributed by atoms with van der Waals surface area (Å²) in [5, 5.41) is 12.1. The minimum atomic E-state index is -0.992. The van der Waals surface area contributed by atoms with Gasteiger partial charge in [-0.2, -0.15) is 0 Å². The van der Waals surface area contributed by atoms with Gasteiger partial charge in [0.2, 0.25) is 0 Å². The first-order chi connectivity index (χ1) is 8.16. The van der Waals surface area contributed by atoms with Gasteiger partial charge in [0.05, 0.1) is 6.10 Å². The van der Waals surface area contributed by atoms with Crippen LogP contribution in [0.2, 0.25) is 0 Å². The van der Waals surface area contributed by atoms with Gasteiger partial charge in [-0.05, 0) is 34.8 Å². The van der Waals surface area contributed by atoms with Crippen molar-refractivity contribution >= 4 is 27.7 Å². The van der Waals surface area contributed by atoms with Gasteiger partial charge < -0.3 is 15.2 Å². The highest BCUT2D eigenvalue weighted by molar-refractivity contribution is 9.10. The van der Waals surface area contributed by atoms with Gasteiger partial charge in [-0.15, -0.1) is 0 Å². The van der Waals surface area contributed by atoms with Crippen molar-refractivity contribution in [1.82, 2.24) is 4.98 Å². The molecule has 1 fully saturated rings. The van der Waals surface area contributed by atoms with Crippen molar-refractivity contribution < 1.29 is 14.6 Å². The van der Waals surface area contributed by atoms with E-state index in [0.29, 0.717) is 16.8 Å². The molecule has 0 aromatic carbocycles. The van der Waals surface area contributed by atoms with E-state index >= 15 is 0 Å². The fraction of sp³-hybridized carbons (Fsp3) is 0.455. The quantitative estimate of drug-likeness (QED) is 0.891. The van der Waals surface area contributed by atoms with Gasteiger partial charge in [0, 0.05) is 23.8 Å². The second-order valence-electron chi connectivity index (χ2n) is 3.87. The Kier molecular flexibility index (Phi) is 3.96. The molecule has 2 N–H and O–H groups in total. The lowest BCUT2D eigenvalue weighted by atomic mass is 10.2. The van der Waals surface area contributed by atoms with Crippen LogP contribution in [0.15, 0.2) is 16.7 Å². The lowest BCUT2D eigenvalue weighted by molar-refractivity contribution is 0.0697. The number of carboxylic acids is 1. The molecule has 0 aliphatic carbocycles. The molecule has 0 saturated carbocycles. The van der Waals surface area contributed by atoms with Crippen molar-refractivity contribution in [3.63, 3.8) is 0 Å². The summed E-state index contributed by atoms with van der Waals surface area (Å²) in [6, 6.07) is 1.53. The van der Waals surface area contributed by atoms with Gasteiger partial charge in [0.25, 0.3) is 0 Å². The third-order valence-corrected chi connectivity index (χ3v) is 3.04. The zero-order valence-corrected chi connectivity index (χ0v) is 10.7. The van der Waals surface area contributed by atoms with E-state index in [2.05, 4.69) is 26.2 Å². The number of aromatic carboxylic acids is 1. The molecule has 1 aliphatic heterocycles. The van der Waals surface area contributed by atoms with Crippen LogP contribution in [-0.2, 0) is 4.74 Å². The van der Waals surface area contributed by atoms with Gasteiger partial charge in [-0.25, -0.2) is 9.78 Å². The van der Waals surface area contributed by atoms with Crippen LogP contribution in [0.25, 0.3) is 0 Å². The van der Waals surface area contributed by atoms with Crippen LogP contribution < -0.4 is 5.32 Å². The van der Waals surface area contributed by atoms with E-state index in [1.54, 1.807) is 6.20 Å². The van der Waals surface area contributed by atoms with Crippen molar-refractivity contribution in [3.8, 4) is 0 Å². The molecule has 1 saturated heterocycles. The number of carboxylic acid groups (broad SMARTS) is 1. The van der Waals surface area contributed by atoms with Crippen LogP contribution in [-0.4, -0.2) is 35.3 Å². The molecule has 1 unspecified atom stereocenters. The predicted octanol–water partition coefficient (Wildman–Crippen LogP) is 2.13. The van der Waals surface area contributed by atoms with Gasteiger partial charge in [0.15, 0.2) is 0 Å². The van der Waals surface area contributed by atoms with Gasteiger partial charge >= 0.3 is 5.97 Å². The number of nitrogens with one attached hydrogen (secondary N) is 1.